The number of piperazine rings is 1. The van der Waals surface area contributed by atoms with Gasteiger partial charge in [-0.05, 0) is 42.0 Å². The van der Waals surface area contributed by atoms with E-state index in [1.807, 2.05) is 24.3 Å². The van der Waals surface area contributed by atoms with E-state index in [0.717, 1.165) is 11.3 Å². The SMILES string of the molecule is COc1cccc(/C=C/C(=O)N2CCN(S(=O)(=O)c3cccc(Br)c3)CC2)c1. The third-order valence-electron chi connectivity index (χ3n) is 4.50. The highest BCUT2D eigenvalue weighted by Crippen LogP contribution is 2.21. The van der Waals surface area contributed by atoms with E-state index in [1.54, 1.807) is 42.4 Å². The number of sulfonamides is 1. The van der Waals surface area contributed by atoms with Crippen molar-refractivity contribution in [2.45, 2.75) is 4.90 Å². The van der Waals surface area contributed by atoms with Crippen LogP contribution in [0.1, 0.15) is 5.56 Å². The minimum atomic E-state index is -3.56. The van der Waals surface area contributed by atoms with Gasteiger partial charge in [-0.1, -0.05) is 34.1 Å². The molecule has 0 aromatic heterocycles. The van der Waals surface area contributed by atoms with Crippen molar-refractivity contribution in [1.29, 1.82) is 0 Å². The third kappa shape index (κ3) is 4.81. The van der Waals surface area contributed by atoms with Crippen LogP contribution in [0.2, 0.25) is 0 Å². The molecule has 0 N–H and O–H groups in total. The molecule has 0 radical (unpaired) electrons. The second kappa shape index (κ2) is 8.89. The van der Waals surface area contributed by atoms with Gasteiger partial charge >= 0.3 is 0 Å². The predicted octanol–water partition coefficient (Wildman–Crippen LogP) is 3.00. The smallest absolute Gasteiger partial charge is 0.246 e. The number of hydrogen-bond donors (Lipinski definition) is 0. The number of carbonyl (C=O) groups excluding carboxylic acids is 1. The lowest BCUT2D eigenvalue weighted by Gasteiger charge is -2.33. The standard InChI is InChI=1S/C20H21BrN2O4S/c1-27-18-6-2-4-16(14-18)8-9-20(24)22-10-12-23(13-11-22)28(25,26)19-7-3-5-17(21)15-19/h2-9,14-15H,10-13H2,1H3/b9-8+. The number of carbonyl (C=O) groups is 1. The van der Waals surface area contributed by atoms with Gasteiger partial charge in [0.25, 0.3) is 0 Å². The van der Waals surface area contributed by atoms with Crippen LogP contribution >= 0.6 is 15.9 Å². The van der Waals surface area contributed by atoms with E-state index in [0.29, 0.717) is 17.6 Å². The molecule has 2 aromatic rings. The summed E-state index contributed by atoms with van der Waals surface area (Å²) in [5.41, 5.74) is 0.864. The summed E-state index contributed by atoms with van der Waals surface area (Å²) in [6, 6.07) is 14.1. The number of rotatable bonds is 5. The lowest BCUT2D eigenvalue weighted by atomic mass is 10.2. The van der Waals surface area contributed by atoms with Crippen LogP contribution in [-0.2, 0) is 14.8 Å². The molecule has 1 aliphatic heterocycles. The van der Waals surface area contributed by atoms with Gasteiger partial charge in [0, 0.05) is 36.7 Å². The Balaban J connectivity index is 1.61. The molecule has 1 amide bonds. The zero-order chi connectivity index (χ0) is 20.1. The van der Waals surface area contributed by atoms with Gasteiger partial charge in [-0.15, -0.1) is 0 Å². The number of ether oxygens (including phenoxy) is 1. The maximum atomic E-state index is 12.8. The van der Waals surface area contributed by atoms with Gasteiger partial charge in [0.05, 0.1) is 12.0 Å². The largest absolute Gasteiger partial charge is 0.497 e. The van der Waals surface area contributed by atoms with E-state index < -0.39 is 10.0 Å². The zero-order valence-electron chi connectivity index (χ0n) is 15.4. The molecule has 6 nitrogen and oxygen atoms in total. The molecule has 0 atom stereocenters. The molecule has 1 aliphatic rings. The van der Waals surface area contributed by atoms with Crippen molar-refractivity contribution in [1.82, 2.24) is 9.21 Å². The van der Waals surface area contributed by atoms with Crippen molar-refractivity contribution in [2.24, 2.45) is 0 Å². The molecule has 0 spiro atoms. The van der Waals surface area contributed by atoms with E-state index in [4.69, 9.17) is 4.74 Å². The maximum absolute atomic E-state index is 12.8. The molecule has 1 saturated heterocycles. The Morgan fingerprint density at radius 1 is 1.07 bits per heavy atom. The molecule has 0 saturated carbocycles. The van der Waals surface area contributed by atoms with Gasteiger partial charge in [0.15, 0.2) is 0 Å². The minimum absolute atomic E-state index is 0.137. The summed E-state index contributed by atoms with van der Waals surface area (Å²) in [4.78, 5) is 14.3. The predicted molar refractivity (Wildman–Crippen MR) is 112 cm³/mol. The first-order valence-electron chi connectivity index (χ1n) is 8.77. The molecule has 1 heterocycles. The Morgan fingerprint density at radius 3 is 2.46 bits per heavy atom. The maximum Gasteiger partial charge on any atom is 0.246 e. The topological polar surface area (TPSA) is 66.9 Å². The van der Waals surface area contributed by atoms with E-state index in [2.05, 4.69) is 15.9 Å². The zero-order valence-corrected chi connectivity index (χ0v) is 17.8. The molecule has 8 heteroatoms. The van der Waals surface area contributed by atoms with Crippen LogP contribution in [0.15, 0.2) is 64.0 Å². The summed E-state index contributed by atoms with van der Waals surface area (Å²) in [7, 11) is -1.97. The van der Waals surface area contributed by atoms with Gasteiger partial charge in [-0.25, -0.2) is 8.42 Å². The van der Waals surface area contributed by atoms with E-state index in [-0.39, 0.29) is 23.9 Å². The number of methoxy groups -OCH3 is 1. The number of hydrogen-bond acceptors (Lipinski definition) is 4. The highest BCUT2D eigenvalue weighted by Gasteiger charge is 2.29. The summed E-state index contributed by atoms with van der Waals surface area (Å²) >= 11 is 3.30. The molecule has 2 aromatic carbocycles. The number of benzene rings is 2. The molecule has 0 bridgehead atoms. The lowest BCUT2D eigenvalue weighted by molar-refractivity contribution is -0.127. The quantitative estimate of drug-likeness (QED) is 0.637. The average Bonchev–Trinajstić information content (AvgIpc) is 2.72. The fourth-order valence-electron chi connectivity index (χ4n) is 2.94. The molecular formula is C20H21BrN2O4S. The van der Waals surface area contributed by atoms with Crippen LogP contribution in [0.4, 0.5) is 0 Å². The van der Waals surface area contributed by atoms with Crippen LogP contribution in [0.5, 0.6) is 5.75 Å². The number of amides is 1. The first-order chi connectivity index (χ1) is 13.4. The first kappa shape index (κ1) is 20.6. The van der Waals surface area contributed by atoms with Crippen LogP contribution in [0.25, 0.3) is 6.08 Å². The lowest BCUT2D eigenvalue weighted by Crippen LogP contribution is -2.50. The normalized spacial score (nSPS) is 15.7. The third-order valence-corrected chi connectivity index (χ3v) is 6.88. The molecule has 3 rings (SSSR count). The monoisotopic (exact) mass is 464 g/mol. The van der Waals surface area contributed by atoms with Crippen molar-refractivity contribution in [3.8, 4) is 5.75 Å². The molecule has 28 heavy (non-hydrogen) atoms. The summed E-state index contributed by atoms with van der Waals surface area (Å²) in [6.45, 7) is 1.25. The number of nitrogens with zero attached hydrogens (tertiary/aromatic N) is 2. The second-order valence-corrected chi connectivity index (χ2v) is 9.15. The van der Waals surface area contributed by atoms with Crippen LogP contribution < -0.4 is 4.74 Å². The van der Waals surface area contributed by atoms with Crippen molar-refractivity contribution in [2.75, 3.05) is 33.3 Å². The fraction of sp³-hybridized carbons (Fsp3) is 0.250. The molecule has 0 aliphatic carbocycles. The Labute approximate surface area is 173 Å². The number of halogens is 1. The van der Waals surface area contributed by atoms with Gasteiger partial charge < -0.3 is 9.64 Å². The van der Waals surface area contributed by atoms with Gasteiger partial charge in [0.2, 0.25) is 15.9 Å². The first-order valence-corrected chi connectivity index (χ1v) is 11.0. The van der Waals surface area contributed by atoms with E-state index in [1.165, 1.54) is 10.4 Å². The van der Waals surface area contributed by atoms with Crippen molar-refractivity contribution in [3.63, 3.8) is 0 Å². The van der Waals surface area contributed by atoms with Crippen molar-refractivity contribution < 1.29 is 17.9 Å². The van der Waals surface area contributed by atoms with E-state index in [9.17, 15) is 13.2 Å². The van der Waals surface area contributed by atoms with Gasteiger partial charge in [0.1, 0.15) is 5.75 Å². The summed E-state index contributed by atoms with van der Waals surface area (Å²) in [6.07, 6.45) is 3.24. The Morgan fingerprint density at radius 2 is 1.79 bits per heavy atom. The average molecular weight is 465 g/mol. The van der Waals surface area contributed by atoms with E-state index >= 15 is 0 Å². The highest BCUT2D eigenvalue weighted by molar-refractivity contribution is 9.10. The summed E-state index contributed by atoms with van der Waals surface area (Å²) in [5.74, 6) is 0.586. The minimum Gasteiger partial charge on any atom is -0.497 e. The Kier molecular flexibility index (Phi) is 6.53. The summed E-state index contributed by atoms with van der Waals surface area (Å²) in [5, 5.41) is 0. The molecule has 0 unspecified atom stereocenters. The van der Waals surface area contributed by atoms with Gasteiger partial charge in [-0.2, -0.15) is 4.31 Å². The Hall–Kier alpha value is -2.16. The van der Waals surface area contributed by atoms with Crippen molar-refractivity contribution in [3.05, 3.63) is 64.6 Å². The fourth-order valence-corrected chi connectivity index (χ4v) is 4.96. The van der Waals surface area contributed by atoms with Crippen LogP contribution in [0, 0.1) is 0 Å². The highest BCUT2D eigenvalue weighted by atomic mass is 79.9. The molecular weight excluding hydrogens is 444 g/mol. The summed E-state index contributed by atoms with van der Waals surface area (Å²) < 4.78 is 32.8. The van der Waals surface area contributed by atoms with Crippen molar-refractivity contribution >= 4 is 37.9 Å². The van der Waals surface area contributed by atoms with Crippen LogP contribution in [-0.4, -0.2) is 56.8 Å². The van der Waals surface area contributed by atoms with Crippen LogP contribution in [0.3, 0.4) is 0 Å². The second-order valence-electron chi connectivity index (χ2n) is 6.30. The Bertz CT molecular complexity index is 983. The molecule has 1 fully saturated rings. The molecule has 148 valence electrons. The van der Waals surface area contributed by atoms with Gasteiger partial charge in [-0.3, -0.25) is 4.79 Å².